The van der Waals surface area contributed by atoms with Crippen LogP contribution in [-0.4, -0.2) is 55.0 Å². The first-order valence-electron chi connectivity index (χ1n) is 5.20. The van der Waals surface area contributed by atoms with Crippen LogP contribution in [0.25, 0.3) is 0 Å². The first-order valence-corrected chi connectivity index (χ1v) is 5.20. The van der Waals surface area contributed by atoms with Crippen LogP contribution in [0.2, 0.25) is 0 Å². The zero-order chi connectivity index (χ0) is 11.4. The molecule has 2 N–H and O–H groups in total. The first-order chi connectivity index (χ1) is 7.06. The van der Waals surface area contributed by atoms with Crippen LogP contribution in [0.5, 0.6) is 0 Å². The van der Waals surface area contributed by atoms with Gasteiger partial charge >= 0.3 is 0 Å². The third-order valence-electron chi connectivity index (χ3n) is 2.86. The maximum atomic E-state index is 11.8. The van der Waals surface area contributed by atoms with Crippen molar-refractivity contribution in [2.24, 2.45) is 5.73 Å². The van der Waals surface area contributed by atoms with E-state index in [9.17, 15) is 4.79 Å². The summed E-state index contributed by atoms with van der Waals surface area (Å²) in [7, 11) is 4.06. The number of terminal acetylenes is 1. The number of amides is 1. The fourth-order valence-corrected chi connectivity index (χ4v) is 1.81. The Morgan fingerprint density at radius 1 is 1.73 bits per heavy atom. The van der Waals surface area contributed by atoms with E-state index in [0.29, 0.717) is 12.5 Å². The predicted molar refractivity (Wildman–Crippen MR) is 60.1 cm³/mol. The second-order valence-corrected chi connectivity index (χ2v) is 4.21. The van der Waals surface area contributed by atoms with Crippen LogP contribution in [0.4, 0.5) is 0 Å². The molecule has 0 aromatic carbocycles. The molecular weight excluding hydrogens is 190 g/mol. The standard InChI is InChI=1S/C11H19N3O/c1-4-5-10(12)11(15)14-7-6-9(8-14)13(2)3/h1,9-10H,5-8,12H2,2-3H3. The lowest BCUT2D eigenvalue weighted by molar-refractivity contribution is -0.131. The molecule has 2 unspecified atom stereocenters. The number of carbonyl (C=O) groups excluding carboxylic acids is 1. The third-order valence-corrected chi connectivity index (χ3v) is 2.86. The fourth-order valence-electron chi connectivity index (χ4n) is 1.81. The first kappa shape index (κ1) is 12.0. The summed E-state index contributed by atoms with van der Waals surface area (Å²) >= 11 is 0. The molecule has 84 valence electrons. The van der Waals surface area contributed by atoms with Gasteiger partial charge in [-0.2, -0.15) is 0 Å². The maximum absolute atomic E-state index is 11.8. The Labute approximate surface area is 91.4 Å². The molecule has 0 aromatic rings. The SMILES string of the molecule is C#CCC(N)C(=O)N1CCC(N(C)C)C1. The Balaban J connectivity index is 2.47. The summed E-state index contributed by atoms with van der Waals surface area (Å²) in [5.74, 6) is 2.41. The van der Waals surface area contributed by atoms with Gasteiger partial charge in [0.1, 0.15) is 0 Å². The van der Waals surface area contributed by atoms with Gasteiger partial charge in [0.25, 0.3) is 0 Å². The molecule has 15 heavy (non-hydrogen) atoms. The number of nitrogens with two attached hydrogens (primary N) is 1. The number of likely N-dealkylation sites (tertiary alicyclic amines) is 1. The van der Waals surface area contributed by atoms with Crippen LogP contribution >= 0.6 is 0 Å². The van der Waals surface area contributed by atoms with Gasteiger partial charge < -0.3 is 15.5 Å². The summed E-state index contributed by atoms with van der Waals surface area (Å²) in [6.45, 7) is 1.56. The highest BCUT2D eigenvalue weighted by molar-refractivity contribution is 5.82. The fraction of sp³-hybridized carbons (Fsp3) is 0.727. The molecule has 1 heterocycles. The molecule has 1 aliphatic rings. The molecule has 2 atom stereocenters. The highest BCUT2D eigenvalue weighted by Gasteiger charge is 2.29. The van der Waals surface area contributed by atoms with E-state index >= 15 is 0 Å². The Kier molecular flexibility index (Phi) is 4.13. The molecule has 1 fully saturated rings. The Hall–Kier alpha value is -1.05. The predicted octanol–water partition coefficient (Wildman–Crippen LogP) is -0.500. The molecule has 1 amide bonds. The molecule has 4 heteroatoms. The van der Waals surface area contributed by atoms with E-state index in [0.717, 1.165) is 19.5 Å². The number of carbonyl (C=O) groups is 1. The lowest BCUT2D eigenvalue weighted by Gasteiger charge is -2.22. The van der Waals surface area contributed by atoms with Gasteiger partial charge in [0, 0.05) is 25.6 Å². The lowest BCUT2D eigenvalue weighted by atomic mass is 10.2. The lowest BCUT2D eigenvalue weighted by Crippen LogP contribution is -2.43. The highest BCUT2D eigenvalue weighted by Crippen LogP contribution is 2.14. The molecule has 0 saturated carbocycles. The molecule has 1 aliphatic heterocycles. The minimum Gasteiger partial charge on any atom is -0.340 e. The van der Waals surface area contributed by atoms with Crippen molar-refractivity contribution in [2.45, 2.75) is 24.9 Å². The van der Waals surface area contributed by atoms with E-state index in [-0.39, 0.29) is 5.91 Å². The summed E-state index contributed by atoms with van der Waals surface area (Å²) in [4.78, 5) is 15.7. The van der Waals surface area contributed by atoms with E-state index in [1.807, 2.05) is 19.0 Å². The van der Waals surface area contributed by atoms with E-state index in [2.05, 4.69) is 10.8 Å². The average Bonchev–Trinajstić information content (AvgIpc) is 2.65. The van der Waals surface area contributed by atoms with Crippen molar-refractivity contribution >= 4 is 5.91 Å². The van der Waals surface area contributed by atoms with Crippen LogP contribution in [0.3, 0.4) is 0 Å². The van der Waals surface area contributed by atoms with Crippen LogP contribution < -0.4 is 5.73 Å². The second-order valence-electron chi connectivity index (χ2n) is 4.21. The zero-order valence-corrected chi connectivity index (χ0v) is 9.44. The molecule has 0 spiro atoms. The van der Waals surface area contributed by atoms with Gasteiger partial charge in [-0.15, -0.1) is 12.3 Å². The summed E-state index contributed by atoms with van der Waals surface area (Å²) in [5.41, 5.74) is 5.68. The Bertz CT molecular complexity index is 269. The van der Waals surface area contributed by atoms with Crippen molar-refractivity contribution in [1.29, 1.82) is 0 Å². The summed E-state index contributed by atoms with van der Waals surface area (Å²) in [5, 5.41) is 0. The smallest absolute Gasteiger partial charge is 0.240 e. The molecular formula is C11H19N3O. The van der Waals surface area contributed by atoms with E-state index in [1.54, 1.807) is 0 Å². The van der Waals surface area contributed by atoms with Gasteiger partial charge in [-0.05, 0) is 20.5 Å². The zero-order valence-electron chi connectivity index (χ0n) is 9.44. The number of hydrogen-bond donors (Lipinski definition) is 1. The average molecular weight is 209 g/mol. The van der Waals surface area contributed by atoms with Gasteiger partial charge in [-0.25, -0.2) is 0 Å². The molecule has 0 radical (unpaired) electrons. The maximum Gasteiger partial charge on any atom is 0.240 e. The van der Waals surface area contributed by atoms with Crippen LogP contribution in [0, 0.1) is 12.3 Å². The topological polar surface area (TPSA) is 49.6 Å². The number of rotatable bonds is 3. The van der Waals surface area contributed by atoms with Crippen molar-refractivity contribution in [1.82, 2.24) is 9.80 Å². The van der Waals surface area contributed by atoms with E-state index in [4.69, 9.17) is 12.2 Å². The van der Waals surface area contributed by atoms with Crippen molar-refractivity contribution in [3.63, 3.8) is 0 Å². The second kappa shape index (κ2) is 5.15. The van der Waals surface area contributed by atoms with Gasteiger partial charge in [0.2, 0.25) is 5.91 Å². The monoisotopic (exact) mass is 209 g/mol. The molecule has 0 aromatic heterocycles. The minimum absolute atomic E-state index is 0.0164. The van der Waals surface area contributed by atoms with Crippen LogP contribution in [-0.2, 0) is 4.79 Å². The quantitative estimate of drug-likeness (QED) is 0.638. The highest BCUT2D eigenvalue weighted by atomic mass is 16.2. The van der Waals surface area contributed by atoms with Gasteiger partial charge in [0.05, 0.1) is 6.04 Å². The Morgan fingerprint density at radius 3 is 2.87 bits per heavy atom. The van der Waals surface area contributed by atoms with E-state index < -0.39 is 6.04 Å². The van der Waals surface area contributed by atoms with Crippen molar-refractivity contribution < 1.29 is 4.79 Å². The molecule has 0 bridgehead atoms. The van der Waals surface area contributed by atoms with Gasteiger partial charge in [0.15, 0.2) is 0 Å². The molecule has 1 saturated heterocycles. The summed E-state index contributed by atoms with van der Waals surface area (Å²) in [6, 6.07) is -0.0807. The number of hydrogen-bond acceptors (Lipinski definition) is 3. The van der Waals surface area contributed by atoms with Crippen molar-refractivity contribution in [3.05, 3.63) is 0 Å². The summed E-state index contributed by atoms with van der Waals surface area (Å²) < 4.78 is 0. The minimum atomic E-state index is -0.532. The third kappa shape index (κ3) is 2.95. The van der Waals surface area contributed by atoms with Crippen molar-refractivity contribution in [3.8, 4) is 12.3 Å². The Morgan fingerprint density at radius 2 is 2.40 bits per heavy atom. The largest absolute Gasteiger partial charge is 0.340 e. The van der Waals surface area contributed by atoms with Crippen molar-refractivity contribution in [2.75, 3.05) is 27.2 Å². The van der Waals surface area contributed by atoms with E-state index in [1.165, 1.54) is 0 Å². The summed E-state index contributed by atoms with van der Waals surface area (Å²) in [6.07, 6.45) is 6.47. The van der Waals surface area contributed by atoms with Gasteiger partial charge in [-0.1, -0.05) is 0 Å². The number of nitrogens with zero attached hydrogens (tertiary/aromatic N) is 2. The number of likely N-dealkylation sites (N-methyl/N-ethyl adjacent to an activating group) is 1. The molecule has 4 nitrogen and oxygen atoms in total. The van der Waals surface area contributed by atoms with Gasteiger partial charge in [-0.3, -0.25) is 4.79 Å². The molecule has 1 rings (SSSR count). The van der Waals surface area contributed by atoms with Crippen LogP contribution in [0.15, 0.2) is 0 Å². The van der Waals surface area contributed by atoms with Crippen LogP contribution in [0.1, 0.15) is 12.8 Å². The normalized spacial score (nSPS) is 22.9. The molecule has 0 aliphatic carbocycles.